The zero-order chi connectivity index (χ0) is 14.4. The average molecular weight is 301 g/mol. The lowest BCUT2D eigenvalue weighted by Crippen LogP contribution is -2.47. The largest absolute Gasteiger partial charge is 0.350 e. The molecular weight excluding hydrogens is 284 g/mol. The molecule has 0 saturated heterocycles. The third-order valence-electron chi connectivity index (χ3n) is 2.54. The summed E-state index contributed by atoms with van der Waals surface area (Å²) in [6.45, 7) is 3.63. The van der Waals surface area contributed by atoms with Crippen molar-refractivity contribution in [2.24, 2.45) is 0 Å². The molecule has 0 radical (unpaired) electrons. The molecule has 0 aromatic heterocycles. The number of nitrogens with one attached hydrogen (secondary N) is 2. The second-order valence-electron chi connectivity index (χ2n) is 4.25. The molecule has 0 aliphatic rings. The molecule has 4 nitrogen and oxygen atoms in total. The average Bonchev–Trinajstić information content (AvgIpc) is 2.34. The highest BCUT2D eigenvalue weighted by atomic mass is 35.5. The number of carbonyl (C=O) groups excluding carboxylic acids is 2. The van der Waals surface area contributed by atoms with Gasteiger partial charge >= 0.3 is 0 Å². The Morgan fingerprint density at radius 1 is 1.42 bits per heavy atom. The van der Waals surface area contributed by atoms with E-state index < -0.39 is 6.04 Å². The highest BCUT2D eigenvalue weighted by Crippen LogP contribution is 2.17. The number of benzene rings is 1. The molecule has 104 valence electrons. The molecule has 0 aliphatic heterocycles. The Balaban J connectivity index is 2.60. The van der Waals surface area contributed by atoms with Gasteiger partial charge in [0.25, 0.3) is 0 Å². The van der Waals surface area contributed by atoms with E-state index in [1.165, 1.54) is 6.92 Å². The lowest BCUT2D eigenvalue weighted by molar-refractivity contribution is -0.127. The zero-order valence-electron chi connectivity index (χ0n) is 10.9. The van der Waals surface area contributed by atoms with Gasteiger partial charge in [0.15, 0.2) is 0 Å². The fourth-order valence-electron chi connectivity index (χ4n) is 1.54. The summed E-state index contributed by atoms with van der Waals surface area (Å²) in [5.74, 6) is -0.294. The van der Waals surface area contributed by atoms with Crippen LogP contribution in [0.2, 0.25) is 5.02 Å². The summed E-state index contributed by atoms with van der Waals surface area (Å²) in [7, 11) is 0. The van der Waals surface area contributed by atoms with Crippen LogP contribution in [-0.2, 0) is 16.1 Å². The lowest BCUT2D eigenvalue weighted by Gasteiger charge is -2.15. The SMILES string of the molecule is CC(=O)N[C@@H](CS)C(=O)NCc1ccc(C)cc1Cl. The van der Waals surface area contributed by atoms with Crippen LogP contribution in [0.15, 0.2) is 18.2 Å². The number of rotatable bonds is 5. The molecule has 0 aliphatic carbocycles. The molecule has 1 rings (SSSR count). The van der Waals surface area contributed by atoms with Crippen LogP contribution in [0.5, 0.6) is 0 Å². The monoisotopic (exact) mass is 300 g/mol. The van der Waals surface area contributed by atoms with Gasteiger partial charge in [-0.05, 0) is 24.1 Å². The summed E-state index contributed by atoms with van der Waals surface area (Å²) < 4.78 is 0. The Labute approximate surface area is 123 Å². The molecule has 1 aromatic rings. The van der Waals surface area contributed by atoms with E-state index >= 15 is 0 Å². The summed E-state index contributed by atoms with van der Waals surface area (Å²) >= 11 is 10.1. The maximum atomic E-state index is 11.8. The molecule has 6 heteroatoms. The van der Waals surface area contributed by atoms with Gasteiger partial charge in [-0.2, -0.15) is 12.6 Å². The molecule has 1 aromatic carbocycles. The summed E-state index contributed by atoms with van der Waals surface area (Å²) in [5, 5.41) is 5.87. The predicted molar refractivity (Wildman–Crippen MR) is 79.5 cm³/mol. The molecule has 19 heavy (non-hydrogen) atoms. The first-order valence-electron chi connectivity index (χ1n) is 5.84. The van der Waals surface area contributed by atoms with Gasteiger partial charge < -0.3 is 10.6 Å². The Morgan fingerprint density at radius 2 is 2.11 bits per heavy atom. The van der Waals surface area contributed by atoms with Crippen LogP contribution in [0.4, 0.5) is 0 Å². The van der Waals surface area contributed by atoms with Crippen molar-refractivity contribution in [3.63, 3.8) is 0 Å². The van der Waals surface area contributed by atoms with E-state index in [1.54, 1.807) is 0 Å². The van der Waals surface area contributed by atoms with Crippen molar-refractivity contribution in [1.82, 2.24) is 10.6 Å². The van der Waals surface area contributed by atoms with Crippen LogP contribution in [0.25, 0.3) is 0 Å². The highest BCUT2D eigenvalue weighted by Gasteiger charge is 2.17. The lowest BCUT2D eigenvalue weighted by atomic mass is 10.1. The summed E-state index contributed by atoms with van der Waals surface area (Å²) in [5.41, 5.74) is 1.90. The van der Waals surface area contributed by atoms with Crippen molar-refractivity contribution in [2.75, 3.05) is 5.75 Å². The van der Waals surface area contributed by atoms with Gasteiger partial charge in [-0.25, -0.2) is 0 Å². The van der Waals surface area contributed by atoms with Gasteiger partial charge in [-0.3, -0.25) is 9.59 Å². The summed E-state index contributed by atoms with van der Waals surface area (Å²) in [6.07, 6.45) is 0. The van der Waals surface area contributed by atoms with Gasteiger partial charge in [0.1, 0.15) is 6.04 Å². The Bertz CT molecular complexity index is 480. The maximum absolute atomic E-state index is 11.8. The number of halogens is 1. The highest BCUT2D eigenvalue weighted by molar-refractivity contribution is 7.80. The smallest absolute Gasteiger partial charge is 0.243 e. The minimum absolute atomic E-state index is 0.243. The summed E-state index contributed by atoms with van der Waals surface area (Å²) in [4.78, 5) is 22.8. The molecule has 0 bridgehead atoms. The first-order chi connectivity index (χ1) is 8.93. The van der Waals surface area contributed by atoms with Crippen molar-refractivity contribution in [3.8, 4) is 0 Å². The molecule has 2 amide bonds. The fraction of sp³-hybridized carbons (Fsp3) is 0.385. The number of aryl methyl sites for hydroxylation is 1. The quantitative estimate of drug-likeness (QED) is 0.725. The van der Waals surface area contributed by atoms with E-state index in [1.807, 2.05) is 25.1 Å². The third kappa shape index (κ3) is 5.12. The second kappa shape index (κ2) is 7.40. The van der Waals surface area contributed by atoms with Gasteiger partial charge in [0, 0.05) is 24.2 Å². The van der Waals surface area contributed by atoms with Crippen LogP contribution in [-0.4, -0.2) is 23.6 Å². The van der Waals surface area contributed by atoms with Crippen LogP contribution < -0.4 is 10.6 Å². The number of amides is 2. The van der Waals surface area contributed by atoms with E-state index in [4.69, 9.17) is 11.6 Å². The molecule has 0 heterocycles. The Morgan fingerprint density at radius 3 is 2.63 bits per heavy atom. The Hall–Kier alpha value is -1.20. The van der Waals surface area contributed by atoms with Crippen LogP contribution in [0.3, 0.4) is 0 Å². The van der Waals surface area contributed by atoms with Gasteiger partial charge in [-0.15, -0.1) is 0 Å². The van der Waals surface area contributed by atoms with Crippen molar-refractivity contribution in [1.29, 1.82) is 0 Å². The van der Waals surface area contributed by atoms with Crippen molar-refractivity contribution in [2.45, 2.75) is 26.4 Å². The van der Waals surface area contributed by atoms with Crippen LogP contribution >= 0.6 is 24.2 Å². The zero-order valence-corrected chi connectivity index (χ0v) is 12.5. The minimum Gasteiger partial charge on any atom is -0.350 e. The second-order valence-corrected chi connectivity index (χ2v) is 5.02. The molecule has 0 unspecified atom stereocenters. The fourth-order valence-corrected chi connectivity index (χ4v) is 2.10. The number of hydrogen-bond donors (Lipinski definition) is 3. The van der Waals surface area contributed by atoms with E-state index in [0.29, 0.717) is 11.6 Å². The maximum Gasteiger partial charge on any atom is 0.243 e. The van der Waals surface area contributed by atoms with Crippen molar-refractivity contribution < 1.29 is 9.59 Å². The molecule has 0 saturated carbocycles. The van der Waals surface area contributed by atoms with E-state index in [9.17, 15) is 9.59 Å². The normalized spacial score (nSPS) is 11.8. The number of thiol groups is 1. The molecular formula is C13H17ClN2O2S. The molecule has 0 fully saturated rings. The van der Waals surface area contributed by atoms with E-state index in [2.05, 4.69) is 23.3 Å². The van der Waals surface area contributed by atoms with Gasteiger partial charge in [0.05, 0.1) is 0 Å². The summed E-state index contributed by atoms with van der Waals surface area (Å²) in [6, 6.07) is 5.00. The molecule has 1 atom stereocenters. The molecule has 0 spiro atoms. The predicted octanol–water partition coefficient (Wildman–Crippen LogP) is 1.70. The van der Waals surface area contributed by atoms with E-state index in [0.717, 1.165) is 11.1 Å². The van der Waals surface area contributed by atoms with Gasteiger partial charge in [0.2, 0.25) is 11.8 Å². The topological polar surface area (TPSA) is 58.2 Å². The van der Waals surface area contributed by atoms with Crippen molar-refractivity contribution in [3.05, 3.63) is 34.3 Å². The standard InChI is InChI=1S/C13H17ClN2O2S/c1-8-3-4-10(11(14)5-8)6-15-13(18)12(7-19)16-9(2)17/h3-5,12,19H,6-7H2,1-2H3,(H,15,18)(H,16,17)/t12-/m0/s1. The van der Waals surface area contributed by atoms with Crippen LogP contribution in [0.1, 0.15) is 18.1 Å². The third-order valence-corrected chi connectivity index (χ3v) is 3.26. The first kappa shape index (κ1) is 15.9. The van der Waals surface area contributed by atoms with E-state index in [-0.39, 0.29) is 17.6 Å². The first-order valence-corrected chi connectivity index (χ1v) is 6.85. The van der Waals surface area contributed by atoms with Crippen LogP contribution in [0, 0.1) is 6.92 Å². The Kier molecular flexibility index (Phi) is 6.18. The number of carbonyl (C=O) groups is 2. The minimum atomic E-state index is -0.634. The molecule has 2 N–H and O–H groups in total. The van der Waals surface area contributed by atoms with Crippen molar-refractivity contribution >= 4 is 36.0 Å². The number of hydrogen-bond acceptors (Lipinski definition) is 3. The van der Waals surface area contributed by atoms with Gasteiger partial charge in [-0.1, -0.05) is 23.7 Å².